The molecule has 30 heavy (non-hydrogen) atoms. The molecule has 4 rings (SSSR count). The lowest BCUT2D eigenvalue weighted by Crippen LogP contribution is -2.30. The van der Waals surface area contributed by atoms with Gasteiger partial charge in [-0.2, -0.15) is 0 Å². The molecule has 2 heterocycles. The molecule has 0 spiro atoms. The van der Waals surface area contributed by atoms with Gasteiger partial charge in [0.15, 0.2) is 5.82 Å². The molecule has 2 aromatic rings. The number of hydrogen-bond donors (Lipinski definition) is 1. The van der Waals surface area contributed by atoms with E-state index in [0.29, 0.717) is 23.7 Å². The van der Waals surface area contributed by atoms with E-state index in [1.807, 2.05) is 12.1 Å². The summed E-state index contributed by atoms with van der Waals surface area (Å²) in [7, 11) is 0. The third kappa shape index (κ3) is 5.38. The quantitative estimate of drug-likeness (QED) is 0.664. The number of nitrogens with zero attached hydrogens (tertiary/aromatic N) is 3. The van der Waals surface area contributed by atoms with Gasteiger partial charge in [0.25, 0.3) is 11.8 Å². The Kier molecular flexibility index (Phi) is 6.95. The van der Waals surface area contributed by atoms with Crippen molar-refractivity contribution in [1.29, 1.82) is 0 Å². The molecule has 0 radical (unpaired) electrons. The van der Waals surface area contributed by atoms with Crippen molar-refractivity contribution in [3.63, 3.8) is 0 Å². The number of rotatable bonds is 7. The summed E-state index contributed by atoms with van der Waals surface area (Å²) in [6.07, 6.45) is 15.1. The van der Waals surface area contributed by atoms with Crippen molar-refractivity contribution in [2.45, 2.75) is 51.4 Å². The van der Waals surface area contributed by atoms with Crippen LogP contribution in [0, 0.1) is 0 Å². The van der Waals surface area contributed by atoms with Crippen LogP contribution in [0.4, 0.5) is 5.82 Å². The van der Waals surface area contributed by atoms with Gasteiger partial charge in [0.05, 0.1) is 0 Å². The van der Waals surface area contributed by atoms with Crippen molar-refractivity contribution < 1.29 is 9.53 Å². The van der Waals surface area contributed by atoms with E-state index < -0.39 is 0 Å². The van der Waals surface area contributed by atoms with Crippen LogP contribution < -0.4 is 15.0 Å². The molecule has 0 atom stereocenters. The summed E-state index contributed by atoms with van der Waals surface area (Å²) in [5, 5.41) is 3.02. The van der Waals surface area contributed by atoms with Crippen molar-refractivity contribution in [2.24, 2.45) is 0 Å². The topological polar surface area (TPSA) is 67.3 Å². The molecule has 1 aromatic heterocycles. The lowest BCUT2D eigenvalue weighted by Gasteiger charge is -2.28. The van der Waals surface area contributed by atoms with E-state index >= 15 is 0 Å². The Hall–Kier alpha value is -2.89. The first-order chi connectivity index (χ1) is 14.8. The molecule has 1 amide bonds. The van der Waals surface area contributed by atoms with E-state index in [4.69, 9.17) is 4.74 Å². The van der Waals surface area contributed by atoms with Crippen molar-refractivity contribution in [3.8, 4) is 11.6 Å². The fourth-order valence-corrected chi connectivity index (χ4v) is 4.07. The number of ether oxygens (including phenoxy) is 1. The van der Waals surface area contributed by atoms with Gasteiger partial charge in [-0.05, 0) is 75.6 Å². The van der Waals surface area contributed by atoms with Crippen molar-refractivity contribution in [3.05, 3.63) is 53.9 Å². The zero-order chi connectivity index (χ0) is 20.6. The SMILES string of the molecule is O=C(NCCC1=CCCCC1)c1ccc(Oc2nccnc2N2CCCCC2)cc1. The van der Waals surface area contributed by atoms with Gasteiger partial charge in [-0.25, -0.2) is 9.97 Å². The van der Waals surface area contributed by atoms with E-state index in [0.717, 1.165) is 38.2 Å². The van der Waals surface area contributed by atoms with Crippen LogP contribution in [0.5, 0.6) is 11.6 Å². The second kappa shape index (κ2) is 10.2. The van der Waals surface area contributed by atoms with E-state index in [1.165, 1.54) is 37.7 Å². The molecule has 1 fully saturated rings. The molecule has 1 N–H and O–H groups in total. The van der Waals surface area contributed by atoms with Crippen molar-refractivity contribution in [2.75, 3.05) is 24.5 Å². The van der Waals surface area contributed by atoms with E-state index in [2.05, 4.69) is 26.3 Å². The molecular formula is C24H30N4O2. The summed E-state index contributed by atoms with van der Waals surface area (Å²) in [5.41, 5.74) is 2.11. The summed E-state index contributed by atoms with van der Waals surface area (Å²) in [5.74, 6) is 1.90. The monoisotopic (exact) mass is 406 g/mol. The van der Waals surface area contributed by atoms with Gasteiger partial charge in [-0.1, -0.05) is 11.6 Å². The normalized spacial score (nSPS) is 16.7. The molecular weight excluding hydrogens is 376 g/mol. The van der Waals surface area contributed by atoms with Crippen LogP contribution in [0.25, 0.3) is 0 Å². The Balaban J connectivity index is 1.33. The predicted octanol–water partition coefficient (Wildman–Crippen LogP) is 4.88. The number of nitrogens with one attached hydrogen (secondary N) is 1. The maximum absolute atomic E-state index is 12.4. The van der Waals surface area contributed by atoms with Gasteiger partial charge in [-0.3, -0.25) is 4.79 Å². The van der Waals surface area contributed by atoms with Crippen molar-refractivity contribution in [1.82, 2.24) is 15.3 Å². The highest BCUT2D eigenvalue weighted by Gasteiger charge is 2.18. The summed E-state index contributed by atoms with van der Waals surface area (Å²) < 4.78 is 6.00. The maximum Gasteiger partial charge on any atom is 0.263 e. The number of benzene rings is 1. The second-order valence-electron chi connectivity index (χ2n) is 7.97. The number of anilines is 1. The minimum atomic E-state index is -0.0496. The van der Waals surface area contributed by atoms with Crippen LogP contribution in [0.3, 0.4) is 0 Å². The number of hydrogen-bond acceptors (Lipinski definition) is 5. The Bertz CT molecular complexity index is 873. The number of piperidine rings is 1. The third-order valence-corrected chi connectivity index (χ3v) is 5.75. The van der Waals surface area contributed by atoms with Gasteiger partial charge >= 0.3 is 0 Å². The smallest absolute Gasteiger partial charge is 0.263 e. The summed E-state index contributed by atoms with van der Waals surface area (Å²) in [4.78, 5) is 23.5. The number of amides is 1. The van der Waals surface area contributed by atoms with Crippen molar-refractivity contribution >= 4 is 11.7 Å². The Morgan fingerprint density at radius 1 is 1.00 bits per heavy atom. The van der Waals surface area contributed by atoms with Gasteiger partial charge in [0.1, 0.15) is 5.75 Å². The number of carbonyl (C=O) groups excluding carboxylic acids is 1. The molecule has 1 saturated heterocycles. The molecule has 1 aliphatic carbocycles. The molecule has 158 valence electrons. The van der Waals surface area contributed by atoms with E-state index in [-0.39, 0.29) is 5.91 Å². The van der Waals surface area contributed by atoms with Crippen LogP contribution in [-0.4, -0.2) is 35.5 Å². The second-order valence-corrected chi connectivity index (χ2v) is 7.97. The first kappa shape index (κ1) is 20.4. The zero-order valence-electron chi connectivity index (χ0n) is 17.5. The zero-order valence-corrected chi connectivity index (χ0v) is 17.5. The molecule has 6 heteroatoms. The number of carbonyl (C=O) groups is 1. The highest BCUT2D eigenvalue weighted by molar-refractivity contribution is 5.94. The number of aromatic nitrogens is 2. The minimum Gasteiger partial charge on any atom is -0.436 e. The Morgan fingerprint density at radius 3 is 2.57 bits per heavy atom. The molecule has 1 aromatic carbocycles. The van der Waals surface area contributed by atoms with E-state index in [1.54, 1.807) is 24.5 Å². The molecule has 6 nitrogen and oxygen atoms in total. The van der Waals surface area contributed by atoms with Gasteiger partial charge in [-0.15, -0.1) is 0 Å². The van der Waals surface area contributed by atoms with Gasteiger partial charge < -0.3 is 15.0 Å². The fourth-order valence-electron chi connectivity index (χ4n) is 4.07. The third-order valence-electron chi connectivity index (χ3n) is 5.75. The van der Waals surface area contributed by atoms with Crippen LogP contribution in [0.2, 0.25) is 0 Å². The molecule has 0 saturated carbocycles. The Labute approximate surface area is 178 Å². The highest BCUT2D eigenvalue weighted by atomic mass is 16.5. The van der Waals surface area contributed by atoms with Crippen LogP contribution in [-0.2, 0) is 0 Å². The lowest BCUT2D eigenvalue weighted by atomic mass is 9.97. The summed E-state index contributed by atoms with van der Waals surface area (Å²) >= 11 is 0. The summed E-state index contributed by atoms with van der Waals surface area (Å²) in [6, 6.07) is 7.21. The van der Waals surface area contributed by atoms with Gasteiger partial charge in [0, 0.05) is 37.6 Å². The largest absolute Gasteiger partial charge is 0.436 e. The average Bonchev–Trinajstić information content (AvgIpc) is 2.81. The lowest BCUT2D eigenvalue weighted by molar-refractivity contribution is 0.0954. The van der Waals surface area contributed by atoms with E-state index in [9.17, 15) is 4.79 Å². The first-order valence-electron chi connectivity index (χ1n) is 11.1. The Morgan fingerprint density at radius 2 is 1.80 bits per heavy atom. The molecule has 0 unspecified atom stereocenters. The predicted molar refractivity (Wildman–Crippen MR) is 118 cm³/mol. The fraction of sp³-hybridized carbons (Fsp3) is 0.458. The van der Waals surface area contributed by atoms with Crippen LogP contribution >= 0.6 is 0 Å². The molecule has 1 aliphatic heterocycles. The summed E-state index contributed by atoms with van der Waals surface area (Å²) in [6.45, 7) is 2.64. The maximum atomic E-state index is 12.4. The molecule has 2 aliphatic rings. The molecule has 0 bridgehead atoms. The standard InChI is InChI=1S/C24H30N4O2/c29-23(26-14-13-19-7-3-1-4-8-19)20-9-11-21(12-10-20)30-24-22(25-15-16-27-24)28-17-5-2-6-18-28/h7,9-12,15-16H,1-6,8,13-14,17-18H2,(H,26,29). The average molecular weight is 407 g/mol. The van der Waals surface area contributed by atoms with Gasteiger partial charge in [0.2, 0.25) is 0 Å². The highest BCUT2D eigenvalue weighted by Crippen LogP contribution is 2.29. The van der Waals surface area contributed by atoms with Crippen LogP contribution in [0.1, 0.15) is 61.7 Å². The first-order valence-corrected chi connectivity index (χ1v) is 11.1. The minimum absolute atomic E-state index is 0.0496. The van der Waals surface area contributed by atoms with Crippen LogP contribution in [0.15, 0.2) is 48.3 Å². The number of allylic oxidation sites excluding steroid dienone is 1.